The first-order valence-corrected chi connectivity index (χ1v) is 5.03. The zero-order valence-corrected chi connectivity index (χ0v) is 8.99. The summed E-state index contributed by atoms with van der Waals surface area (Å²) < 4.78 is 5.84. The van der Waals surface area contributed by atoms with E-state index in [-0.39, 0.29) is 0 Å². The van der Waals surface area contributed by atoms with E-state index in [0.29, 0.717) is 16.5 Å². The second kappa shape index (κ2) is 3.79. The van der Waals surface area contributed by atoms with Crippen LogP contribution >= 0.6 is 27.3 Å². The van der Waals surface area contributed by atoms with Gasteiger partial charge in [0.05, 0.1) is 9.47 Å². The van der Waals surface area contributed by atoms with Gasteiger partial charge in [0.1, 0.15) is 4.88 Å². The van der Waals surface area contributed by atoms with Crippen LogP contribution in [-0.2, 0) is 0 Å². The van der Waals surface area contributed by atoms with Gasteiger partial charge in [0.25, 0.3) is 5.89 Å². The maximum atomic E-state index is 8.33. The van der Waals surface area contributed by atoms with Crippen molar-refractivity contribution in [2.45, 2.75) is 0 Å². The lowest BCUT2D eigenvalue weighted by Crippen LogP contribution is -1.71. The SMILES string of the molecule is [N-]=[N+]=Nc1cc(Br)sc1-c1nnco1. The molecule has 0 saturated carbocycles. The van der Waals surface area contributed by atoms with Crippen LogP contribution in [0.1, 0.15) is 0 Å². The molecular weight excluding hydrogens is 270 g/mol. The molecule has 0 spiro atoms. The Morgan fingerprint density at radius 1 is 1.64 bits per heavy atom. The van der Waals surface area contributed by atoms with Crippen molar-refractivity contribution in [3.8, 4) is 10.8 Å². The third-order valence-electron chi connectivity index (χ3n) is 1.39. The first kappa shape index (κ1) is 9.20. The van der Waals surface area contributed by atoms with E-state index in [1.807, 2.05) is 0 Å². The topological polar surface area (TPSA) is 87.7 Å². The first-order chi connectivity index (χ1) is 6.81. The minimum atomic E-state index is 0.350. The lowest BCUT2D eigenvalue weighted by atomic mass is 10.4. The molecule has 0 unspecified atom stereocenters. The van der Waals surface area contributed by atoms with E-state index < -0.39 is 0 Å². The molecule has 0 aromatic carbocycles. The number of azide groups is 1. The molecule has 2 aromatic rings. The molecule has 0 aliphatic heterocycles. The highest BCUT2D eigenvalue weighted by atomic mass is 79.9. The second-order valence-corrected chi connectivity index (χ2v) is 4.63. The highest BCUT2D eigenvalue weighted by molar-refractivity contribution is 9.11. The van der Waals surface area contributed by atoms with Gasteiger partial charge in [-0.2, -0.15) is 0 Å². The smallest absolute Gasteiger partial charge is 0.257 e. The van der Waals surface area contributed by atoms with Gasteiger partial charge < -0.3 is 4.42 Å². The summed E-state index contributed by atoms with van der Waals surface area (Å²) in [6.07, 6.45) is 1.23. The maximum absolute atomic E-state index is 8.33. The minimum Gasteiger partial charge on any atom is -0.423 e. The van der Waals surface area contributed by atoms with Crippen LogP contribution in [0.5, 0.6) is 0 Å². The van der Waals surface area contributed by atoms with E-state index >= 15 is 0 Å². The van der Waals surface area contributed by atoms with Crippen LogP contribution in [0.4, 0.5) is 5.69 Å². The summed E-state index contributed by atoms with van der Waals surface area (Å²) in [4.78, 5) is 3.37. The maximum Gasteiger partial charge on any atom is 0.257 e. The number of nitrogens with zero attached hydrogens (tertiary/aromatic N) is 5. The van der Waals surface area contributed by atoms with Crippen molar-refractivity contribution in [2.24, 2.45) is 5.11 Å². The van der Waals surface area contributed by atoms with E-state index in [9.17, 15) is 0 Å². The lowest BCUT2D eigenvalue weighted by Gasteiger charge is -1.88. The van der Waals surface area contributed by atoms with Crippen molar-refractivity contribution < 1.29 is 4.42 Å². The predicted octanol–water partition coefficient (Wildman–Crippen LogP) is 3.50. The van der Waals surface area contributed by atoms with E-state index in [1.165, 1.54) is 17.7 Å². The fraction of sp³-hybridized carbons (Fsp3) is 0. The number of halogens is 1. The summed E-state index contributed by atoms with van der Waals surface area (Å²) in [6, 6.07) is 1.70. The van der Waals surface area contributed by atoms with E-state index in [1.54, 1.807) is 6.07 Å². The van der Waals surface area contributed by atoms with Gasteiger partial charge >= 0.3 is 0 Å². The Kier molecular flexibility index (Phi) is 2.49. The second-order valence-electron chi connectivity index (χ2n) is 2.20. The molecule has 0 N–H and O–H groups in total. The summed E-state index contributed by atoms with van der Waals surface area (Å²) in [5, 5.41) is 10.8. The first-order valence-electron chi connectivity index (χ1n) is 3.42. The van der Waals surface area contributed by atoms with Crippen molar-refractivity contribution in [1.82, 2.24) is 10.2 Å². The zero-order chi connectivity index (χ0) is 9.97. The number of hydrogen-bond donors (Lipinski definition) is 0. The molecule has 14 heavy (non-hydrogen) atoms. The Bertz CT molecular complexity index is 486. The number of rotatable bonds is 2. The summed E-state index contributed by atoms with van der Waals surface area (Å²) >= 11 is 4.65. The number of aromatic nitrogens is 2. The van der Waals surface area contributed by atoms with Crippen molar-refractivity contribution in [3.63, 3.8) is 0 Å². The minimum absolute atomic E-state index is 0.350. The molecule has 2 rings (SSSR count). The molecule has 0 atom stereocenters. The van der Waals surface area contributed by atoms with Crippen LogP contribution in [0.25, 0.3) is 21.2 Å². The molecule has 8 heteroatoms. The molecule has 0 aliphatic carbocycles. The highest BCUT2D eigenvalue weighted by Crippen LogP contribution is 2.40. The third kappa shape index (κ3) is 1.63. The van der Waals surface area contributed by atoms with Gasteiger partial charge in [-0.1, -0.05) is 5.11 Å². The summed E-state index contributed by atoms with van der Waals surface area (Å²) in [5.41, 5.74) is 8.81. The number of hydrogen-bond acceptors (Lipinski definition) is 5. The molecular formula is C6H2BrN5OS. The predicted molar refractivity (Wildman–Crippen MR) is 54.1 cm³/mol. The van der Waals surface area contributed by atoms with E-state index in [4.69, 9.17) is 9.95 Å². The quantitative estimate of drug-likeness (QED) is 0.476. The molecule has 0 bridgehead atoms. The van der Waals surface area contributed by atoms with Gasteiger partial charge in [-0.15, -0.1) is 21.5 Å². The van der Waals surface area contributed by atoms with Gasteiger partial charge in [0.15, 0.2) is 0 Å². The van der Waals surface area contributed by atoms with Crippen molar-refractivity contribution in [2.75, 3.05) is 0 Å². The highest BCUT2D eigenvalue weighted by Gasteiger charge is 2.12. The van der Waals surface area contributed by atoms with Crippen molar-refractivity contribution in [1.29, 1.82) is 0 Å². The monoisotopic (exact) mass is 271 g/mol. The van der Waals surface area contributed by atoms with E-state index in [0.717, 1.165) is 3.79 Å². The standard InChI is InChI=1S/C6H2BrN5OS/c7-4-1-3(10-12-8)5(14-4)6-11-9-2-13-6/h1-2H. The number of thiophene rings is 1. The molecule has 6 nitrogen and oxygen atoms in total. The Morgan fingerprint density at radius 2 is 2.50 bits per heavy atom. The van der Waals surface area contributed by atoms with Crippen molar-refractivity contribution in [3.05, 3.63) is 26.7 Å². The third-order valence-corrected chi connectivity index (χ3v) is 3.00. The molecule has 0 saturated heterocycles. The average molecular weight is 272 g/mol. The molecule has 70 valence electrons. The van der Waals surface area contributed by atoms with Crippen LogP contribution in [0.3, 0.4) is 0 Å². The van der Waals surface area contributed by atoms with Crippen molar-refractivity contribution >= 4 is 33.0 Å². The Balaban J connectivity index is 2.57. The molecule has 0 radical (unpaired) electrons. The van der Waals surface area contributed by atoms with Crippen LogP contribution in [0, 0.1) is 0 Å². The van der Waals surface area contributed by atoms with Crippen LogP contribution in [0.15, 0.2) is 25.8 Å². The van der Waals surface area contributed by atoms with Crippen LogP contribution in [0.2, 0.25) is 0 Å². The van der Waals surface area contributed by atoms with E-state index in [2.05, 4.69) is 36.2 Å². The molecule has 0 amide bonds. The summed E-state index contributed by atoms with van der Waals surface area (Å²) in [5.74, 6) is 0.350. The normalized spacial score (nSPS) is 9.79. The Morgan fingerprint density at radius 3 is 3.14 bits per heavy atom. The summed E-state index contributed by atoms with van der Waals surface area (Å²) in [6.45, 7) is 0. The zero-order valence-electron chi connectivity index (χ0n) is 6.59. The van der Waals surface area contributed by atoms with Gasteiger partial charge in [-0.3, -0.25) is 0 Å². The average Bonchev–Trinajstić information content (AvgIpc) is 2.74. The Labute approximate surface area is 90.3 Å². The molecule has 2 heterocycles. The Hall–Kier alpha value is -1.37. The van der Waals surface area contributed by atoms with Gasteiger partial charge in [0, 0.05) is 4.91 Å². The lowest BCUT2D eigenvalue weighted by molar-refractivity contribution is 0.570. The fourth-order valence-electron chi connectivity index (χ4n) is 0.900. The molecule has 0 fully saturated rings. The van der Waals surface area contributed by atoms with Crippen LogP contribution < -0.4 is 0 Å². The van der Waals surface area contributed by atoms with Gasteiger partial charge in [-0.25, -0.2) is 0 Å². The van der Waals surface area contributed by atoms with Gasteiger partial charge in [-0.05, 0) is 27.5 Å². The van der Waals surface area contributed by atoms with Crippen LogP contribution in [-0.4, -0.2) is 10.2 Å². The molecule has 0 aliphatic rings. The fourth-order valence-corrected chi connectivity index (χ4v) is 2.35. The molecule has 2 aromatic heterocycles. The largest absolute Gasteiger partial charge is 0.423 e. The van der Waals surface area contributed by atoms with Gasteiger partial charge in [0.2, 0.25) is 6.39 Å². The summed E-state index contributed by atoms with van der Waals surface area (Å²) in [7, 11) is 0.